The van der Waals surface area contributed by atoms with Crippen molar-refractivity contribution in [2.24, 2.45) is 0 Å². The van der Waals surface area contributed by atoms with E-state index in [-0.39, 0.29) is 5.91 Å². The van der Waals surface area contributed by atoms with E-state index < -0.39 is 6.10 Å². The maximum Gasteiger partial charge on any atom is 0.251 e. The van der Waals surface area contributed by atoms with Crippen LogP contribution in [0.4, 0.5) is 0 Å². The number of halogens is 1. The molecule has 0 saturated heterocycles. The predicted molar refractivity (Wildman–Crippen MR) is 82.4 cm³/mol. The summed E-state index contributed by atoms with van der Waals surface area (Å²) in [6.45, 7) is 2.32. The molecule has 0 fully saturated rings. The van der Waals surface area contributed by atoms with Gasteiger partial charge in [-0.05, 0) is 49.7 Å². The molecule has 0 radical (unpaired) electrons. The van der Waals surface area contributed by atoms with E-state index in [1.807, 2.05) is 12.1 Å². The summed E-state index contributed by atoms with van der Waals surface area (Å²) in [6, 6.07) is 10.7. The summed E-state index contributed by atoms with van der Waals surface area (Å²) in [7, 11) is 0. The second kappa shape index (κ2) is 6.88. The number of aliphatic hydroxyl groups excluding tert-OH is 1. The fourth-order valence-corrected chi connectivity index (χ4v) is 2.83. The SMILES string of the molecule is CC(O)c1ccc(CCNC(=O)c2ccc(Cl)cc2)s1. The van der Waals surface area contributed by atoms with Gasteiger partial charge in [0.15, 0.2) is 0 Å². The van der Waals surface area contributed by atoms with Crippen molar-refractivity contribution in [3.8, 4) is 0 Å². The minimum absolute atomic E-state index is 0.103. The number of benzene rings is 1. The molecular weight excluding hydrogens is 294 g/mol. The molecule has 1 aromatic heterocycles. The van der Waals surface area contributed by atoms with Crippen molar-refractivity contribution in [2.45, 2.75) is 19.4 Å². The molecule has 0 aliphatic heterocycles. The molecule has 2 aromatic rings. The van der Waals surface area contributed by atoms with Crippen LogP contribution in [0.5, 0.6) is 0 Å². The van der Waals surface area contributed by atoms with Crippen molar-refractivity contribution in [2.75, 3.05) is 6.54 Å². The van der Waals surface area contributed by atoms with Crippen molar-refractivity contribution in [3.63, 3.8) is 0 Å². The Bertz CT molecular complexity index is 578. The highest BCUT2D eigenvalue weighted by atomic mass is 35.5. The van der Waals surface area contributed by atoms with Crippen LogP contribution in [-0.2, 0) is 6.42 Å². The molecule has 106 valence electrons. The first-order valence-electron chi connectivity index (χ1n) is 6.36. The third-order valence-corrected chi connectivity index (χ3v) is 4.42. The molecule has 0 aliphatic rings. The van der Waals surface area contributed by atoms with Gasteiger partial charge in [-0.25, -0.2) is 0 Å². The molecule has 3 nitrogen and oxygen atoms in total. The van der Waals surface area contributed by atoms with Crippen LogP contribution in [0.2, 0.25) is 5.02 Å². The van der Waals surface area contributed by atoms with Gasteiger partial charge in [0.05, 0.1) is 6.10 Å². The molecular formula is C15H16ClNO2S. The minimum atomic E-state index is -0.433. The summed E-state index contributed by atoms with van der Waals surface area (Å²) in [5.74, 6) is -0.103. The molecule has 1 amide bonds. The second-order valence-electron chi connectivity index (χ2n) is 4.49. The van der Waals surface area contributed by atoms with Crippen LogP contribution < -0.4 is 5.32 Å². The normalized spacial score (nSPS) is 12.2. The lowest BCUT2D eigenvalue weighted by Gasteiger charge is -2.04. The number of hydrogen-bond acceptors (Lipinski definition) is 3. The lowest BCUT2D eigenvalue weighted by atomic mass is 10.2. The molecule has 1 aromatic carbocycles. The monoisotopic (exact) mass is 309 g/mol. The number of aliphatic hydroxyl groups is 1. The zero-order valence-corrected chi connectivity index (χ0v) is 12.7. The Balaban J connectivity index is 1.83. The minimum Gasteiger partial charge on any atom is -0.388 e. The topological polar surface area (TPSA) is 49.3 Å². The van der Waals surface area contributed by atoms with Gasteiger partial charge in [-0.3, -0.25) is 4.79 Å². The third-order valence-electron chi connectivity index (χ3n) is 2.86. The van der Waals surface area contributed by atoms with Gasteiger partial charge in [0.2, 0.25) is 0 Å². The lowest BCUT2D eigenvalue weighted by molar-refractivity contribution is 0.0954. The molecule has 5 heteroatoms. The first kappa shape index (κ1) is 15.0. The van der Waals surface area contributed by atoms with Gasteiger partial charge < -0.3 is 10.4 Å². The molecule has 0 aliphatic carbocycles. The van der Waals surface area contributed by atoms with E-state index in [0.717, 1.165) is 16.2 Å². The number of carbonyl (C=O) groups excluding carboxylic acids is 1. The standard InChI is InChI=1S/C15H16ClNO2S/c1-10(18)14-7-6-13(20-14)8-9-17-15(19)11-2-4-12(16)5-3-11/h2-7,10,18H,8-9H2,1H3,(H,17,19). The summed E-state index contributed by atoms with van der Waals surface area (Å²) in [4.78, 5) is 14.0. The van der Waals surface area contributed by atoms with Crippen LogP contribution in [0.15, 0.2) is 36.4 Å². The largest absolute Gasteiger partial charge is 0.388 e. The van der Waals surface area contributed by atoms with Crippen LogP contribution in [0.1, 0.15) is 33.1 Å². The number of carbonyl (C=O) groups is 1. The van der Waals surface area contributed by atoms with Crippen molar-refractivity contribution in [1.82, 2.24) is 5.32 Å². The van der Waals surface area contributed by atoms with Gasteiger partial charge in [-0.2, -0.15) is 0 Å². The number of thiophene rings is 1. The van der Waals surface area contributed by atoms with Gasteiger partial charge in [0.25, 0.3) is 5.91 Å². The van der Waals surface area contributed by atoms with Crippen molar-refractivity contribution < 1.29 is 9.90 Å². The fraction of sp³-hybridized carbons (Fsp3) is 0.267. The average Bonchev–Trinajstić information content (AvgIpc) is 2.88. The Labute approximate surface area is 127 Å². The van der Waals surface area contributed by atoms with Crippen LogP contribution in [0.25, 0.3) is 0 Å². The van der Waals surface area contributed by atoms with E-state index in [2.05, 4.69) is 5.32 Å². The quantitative estimate of drug-likeness (QED) is 0.889. The third kappa shape index (κ3) is 4.07. The van der Waals surface area contributed by atoms with E-state index in [1.165, 1.54) is 0 Å². The molecule has 1 atom stereocenters. The molecule has 0 spiro atoms. The molecule has 20 heavy (non-hydrogen) atoms. The maximum atomic E-state index is 11.9. The van der Waals surface area contributed by atoms with E-state index in [4.69, 9.17) is 11.6 Å². The fourth-order valence-electron chi connectivity index (χ4n) is 1.76. The summed E-state index contributed by atoms with van der Waals surface area (Å²) < 4.78 is 0. The zero-order valence-electron chi connectivity index (χ0n) is 11.1. The number of amides is 1. The number of rotatable bonds is 5. The van der Waals surface area contributed by atoms with Crippen LogP contribution in [0, 0.1) is 0 Å². The summed E-state index contributed by atoms with van der Waals surface area (Å²) >= 11 is 7.35. The van der Waals surface area contributed by atoms with Crippen LogP contribution >= 0.6 is 22.9 Å². The smallest absolute Gasteiger partial charge is 0.251 e. The highest BCUT2D eigenvalue weighted by Crippen LogP contribution is 2.22. The molecule has 2 rings (SSSR count). The maximum absolute atomic E-state index is 11.9. The Morgan fingerprint density at radius 1 is 1.30 bits per heavy atom. The molecule has 0 saturated carbocycles. The Morgan fingerprint density at radius 3 is 2.60 bits per heavy atom. The van der Waals surface area contributed by atoms with Gasteiger partial charge in [0, 0.05) is 26.9 Å². The number of hydrogen-bond donors (Lipinski definition) is 2. The van der Waals surface area contributed by atoms with E-state index in [0.29, 0.717) is 17.1 Å². The second-order valence-corrected chi connectivity index (χ2v) is 6.13. The van der Waals surface area contributed by atoms with Crippen molar-refractivity contribution in [1.29, 1.82) is 0 Å². The van der Waals surface area contributed by atoms with Crippen molar-refractivity contribution >= 4 is 28.8 Å². The van der Waals surface area contributed by atoms with Gasteiger partial charge in [-0.1, -0.05) is 11.6 Å². The van der Waals surface area contributed by atoms with E-state index in [9.17, 15) is 9.90 Å². The zero-order chi connectivity index (χ0) is 14.5. The summed E-state index contributed by atoms with van der Waals surface area (Å²) in [5.41, 5.74) is 0.602. The van der Waals surface area contributed by atoms with Gasteiger partial charge >= 0.3 is 0 Å². The van der Waals surface area contributed by atoms with Crippen LogP contribution in [-0.4, -0.2) is 17.6 Å². The van der Waals surface area contributed by atoms with Crippen molar-refractivity contribution in [3.05, 3.63) is 56.7 Å². The summed E-state index contributed by atoms with van der Waals surface area (Å²) in [5, 5.41) is 12.9. The first-order chi connectivity index (χ1) is 9.56. The van der Waals surface area contributed by atoms with Crippen LogP contribution in [0.3, 0.4) is 0 Å². The Hall–Kier alpha value is -1.36. The molecule has 1 unspecified atom stereocenters. The molecule has 1 heterocycles. The average molecular weight is 310 g/mol. The van der Waals surface area contributed by atoms with E-state index >= 15 is 0 Å². The van der Waals surface area contributed by atoms with Gasteiger partial charge in [-0.15, -0.1) is 11.3 Å². The first-order valence-corrected chi connectivity index (χ1v) is 7.56. The summed E-state index contributed by atoms with van der Waals surface area (Å²) in [6.07, 6.45) is 0.328. The molecule has 0 bridgehead atoms. The number of nitrogens with one attached hydrogen (secondary N) is 1. The highest BCUT2D eigenvalue weighted by Gasteiger charge is 2.07. The van der Waals surface area contributed by atoms with Gasteiger partial charge in [0.1, 0.15) is 0 Å². The van der Waals surface area contributed by atoms with E-state index in [1.54, 1.807) is 42.5 Å². The Kier molecular flexibility index (Phi) is 5.17. The Morgan fingerprint density at radius 2 is 2.00 bits per heavy atom. The molecule has 2 N–H and O–H groups in total. The highest BCUT2D eigenvalue weighted by molar-refractivity contribution is 7.12. The predicted octanol–water partition coefficient (Wildman–Crippen LogP) is 3.43. The lowest BCUT2D eigenvalue weighted by Crippen LogP contribution is -2.25.